The van der Waals surface area contributed by atoms with Gasteiger partial charge in [-0.3, -0.25) is 4.79 Å². The molecular weight excluding hydrogens is 174 g/mol. The molecule has 1 fully saturated rings. The Labute approximate surface area is 76.9 Å². The van der Waals surface area contributed by atoms with Crippen molar-refractivity contribution in [1.29, 1.82) is 0 Å². The van der Waals surface area contributed by atoms with Crippen LogP contribution >= 0.6 is 11.8 Å². The van der Waals surface area contributed by atoms with E-state index in [0.717, 1.165) is 18.6 Å². The van der Waals surface area contributed by atoms with Gasteiger partial charge in [-0.1, -0.05) is 0 Å². The Morgan fingerprint density at radius 3 is 3.00 bits per heavy atom. The molecule has 0 spiro atoms. The monoisotopic (exact) mass is 189 g/mol. The first-order chi connectivity index (χ1) is 5.70. The summed E-state index contributed by atoms with van der Waals surface area (Å²) in [7, 11) is 0. The first-order valence-corrected chi connectivity index (χ1v) is 5.42. The first-order valence-electron chi connectivity index (χ1n) is 4.26. The Morgan fingerprint density at radius 2 is 2.50 bits per heavy atom. The van der Waals surface area contributed by atoms with Crippen molar-refractivity contribution in [3.63, 3.8) is 0 Å². The van der Waals surface area contributed by atoms with E-state index in [2.05, 4.69) is 5.32 Å². The number of nitrogens with one attached hydrogen (secondary N) is 1. The molecule has 1 saturated heterocycles. The van der Waals surface area contributed by atoms with Gasteiger partial charge in [-0.05, 0) is 25.5 Å². The third kappa shape index (κ3) is 3.03. The smallest absolute Gasteiger partial charge is 0.248 e. The van der Waals surface area contributed by atoms with Gasteiger partial charge in [0.05, 0.1) is 0 Å². The van der Waals surface area contributed by atoms with Crippen LogP contribution in [0.1, 0.15) is 19.8 Å². The Morgan fingerprint density at radius 1 is 1.75 bits per heavy atom. The first kappa shape index (κ1) is 9.86. The second-order valence-corrected chi connectivity index (χ2v) is 4.25. The molecule has 1 rings (SSSR count). The number of carbonyl (C=O) groups excluding carboxylic acids is 1. The lowest BCUT2D eigenvalue weighted by Crippen LogP contribution is -2.42. The summed E-state index contributed by atoms with van der Waals surface area (Å²) < 4.78 is 0. The van der Waals surface area contributed by atoms with Crippen LogP contribution in [-0.2, 0) is 4.79 Å². The highest BCUT2D eigenvalue weighted by Gasteiger charge is 2.17. The van der Waals surface area contributed by atoms with Crippen LogP contribution in [0.2, 0.25) is 0 Å². The Bertz CT molecular complexity index is 155. The number of aliphatic hydroxyl groups is 1. The van der Waals surface area contributed by atoms with Crippen molar-refractivity contribution >= 4 is 17.7 Å². The molecule has 4 heteroatoms. The van der Waals surface area contributed by atoms with Crippen molar-refractivity contribution < 1.29 is 9.90 Å². The molecular formula is C8H15NO2S. The molecule has 0 radical (unpaired) electrons. The molecule has 0 saturated carbocycles. The van der Waals surface area contributed by atoms with E-state index in [9.17, 15) is 4.79 Å². The van der Waals surface area contributed by atoms with Crippen LogP contribution in [0.5, 0.6) is 0 Å². The molecule has 1 heterocycles. The van der Waals surface area contributed by atoms with E-state index in [-0.39, 0.29) is 11.9 Å². The van der Waals surface area contributed by atoms with Crippen LogP contribution in [-0.4, -0.2) is 34.7 Å². The molecule has 12 heavy (non-hydrogen) atoms. The van der Waals surface area contributed by atoms with Crippen LogP contribution < -0.4 is 5.32 Å². The predicted molar refractivity (Wildman–Crippen MR) is 50.2 cm³/mol. The lowest BCUT2D eigenvalue weighted by Gasteiger charge is -2.22. The number of aliphatic hydroxyl groups excluding tert-OH is 1. The van der Waals surface area contributed by atoms with Crippen LogP contribution in [0.15, 0.2) is 0 Å². The highest BCUT2D eigenvalue weighted by molar-refractivity contribution is 7.99. The van der Waals surface area contributed by atoms with Gasteiger partial charge in [0.25, 0.3) is 0 Å². The van der Waals surface area contributed by atoms with Crippen LogP contribution in [0.25, 0.3) is 0 Å². The highest BCUT2D eigenvalue weighted by atomic mass is 32.2. The molecule has 1 unspecified atom stereocenters. The van der Waals surface area contributed by atoms with Crippen LogP contribution in [0, 0.1) is 0 Å². The standard InChI is InChI=1S/C8H15NO2S/c1-6(10)8(11)9-7-3-2-4-12-5-7/h6-7,10H,2-5H2,1H3,(H,9,11)/t6-,7?/m1/s1. The van der Waals surface area contributed by atoms with Gasteiger partial charge >= 0.3 is 0 Å². The van der Waals surface area contributed by atoms with Crippen molar-refractivity contribution in [3.05, 3.63) is 0 Å². The average molecular weight is 189 g/mol. The van der Waals surface area contributed by atoms with E-state index >= 15 is 0 Å². The molecule has 0 aliphatic carbocycles. The van der Waals surface area contributed by atoms with Crippen molar-refractivity contribution in [3.8, 4) is 0 Å². The highest BCUT2D eigenvalue weighted by Crippen LogP contribution is 2.16. The number of carbonyl (C=O) groups is 1. The van der Waals surface area contributed by atoms with Crippen LogP contribution in [0.3, 0.4) is 0 Å². The minimum absolute atomic E-state index is 0.248. The summed E-state index contributed by atoms with van der Waals surface area (Å²) in [6, 6.07) is 0.269. The summed E-state index contributed by atoms with van der Waals surface area (Å²) in [6.45, 7) is 1.49. The normalized spacial score (nSPS) is 26.3. The summed E-state index contributed by atoms with van der Waals surface area (Å²) in [5.74, 6) is 1.93. The van der Waals surface area contributed by atoms with Gasteiger partial charge in [0, 0.05) is 11.8 Å². The zero-order valence-corrected chi connectivity index (χ0v) is 8.06. The predicted octanol–water partition coefficient (Wildman–Crippen LogP) is 0.379. The van der Waals surface area contributed by atoms with E-state index in [1.165, 1.54) is 12.7 Å². The van der Waals surface area contributed by atoms with Gasteiger partial charge in [-0.25, -0.2) is 0 Å². The molecule has 1 aliphatic rings. The largest absolute Gasteiger partial charge is 0.384 e. The summed E-state index contributed by atoms with van der Waals surface area (Å²) in [4.78, 5) is 11.0. The van der Waals surface area contributed by atoms with E-state index in [4.69, 9.17) is 5.11 Å². The zero-order chi connectivity index (χ0) is 8.97. The average Bonchev–Trinajstić information content (AvgIpc) is 2.06. The maximum atomic E-state index is 11.0. The van der Waals surface area contributed by atoms with Crippen molar-refractivity contribution in [2.24, 2.45) is 0 Å². The number of hydrogen-bond acceptors (Lipinski definition) is 3. The second kappa shape index (κ2) is 4.72. The molecule has 0 bridgehead atoms. The molecule has 2 N–H and O–H groups in total. The van der Waals surface area contributed by atoms with E-state index < -0.39 is 6.10 Å². The summed E-state index contributed by atoms with van der Waals surface area (Å²) in [5.41, 5.74) is 0. The van der Waals surface area contributed by atoms with E-state index in [1.54, 1.807) is 0 Å². The molecule has 70 valence electrons. The zero-order valence-electron chi connectivity index (χ0n) is 7.25. The summed E-state index contributed by atoms with van der Waals surface area (Å²) in [6.07, 6.45) is 1.33. The fraction of sp³-hybridized carbons (Fsp3) is 0.875. The Kier molecular flexibility index (Phi) is 3.88. The summed E-state index contributed by atoms with van der Waals surface area (Å²) >= 11 is 1.86. The van der Waals surface area contributed by atoms with Crippen molar-refractivity contribution in [1.82, 2.24) is 5.32 Å². The minimum atomic E-state index is -0.878. The quantitative estimate of drug-likeness (QED) is 0.660. The van der Waals surface area contributed by atoms with Gasteiger partial charge < -0.3 is 10.4 Å². The van der Waals surface area contributed by atoms with Crippen molar-refractivity contribution in [2.45, 2.75) is 31.9 Å². The number of amides is 1. The fourth-order valence-electron chi connectivity index (χ4n) is 1.18. The molecule has 1 amide bonds. The lowest BCUT2D eigenvalue weighted by molar-refractivity contribution is -0.129. The van der Waals surface area contributed by atoms with Gasteiger partial charge in [-0.15, -0.1) is 0 Å². The molecule has 1 aliphatic heterocycles. The fourth-order valence-corrected chi connectivity index (χ4v) is 2.25. The second-order valence-electron chi connectivity index (χ2n) is 3.10. The van der Waals surface area contributed by atoms with Gasteiger partial charge in [0.15, 0.2) is 0 Å². The van der Waals surface area contributed by atoms with E-state index in [1.807, 2.05) is 11.8 Å². The number of thioether (sulfide) groups is 1. The number of hydrogen-bond donors (Lipinski definition) is 2. The molecule has 2 atom stereocenters. The number of rotatable bonds is 2. The molecule has 0 aromatic carbocycles. The van der Waals surface area contributed by atoms with Gasteiger partial charge in [-0.2, -0.15) is 11.8 Å². The molecule has 0 aromatic rings. The van der Waals surface area contributed by atoms with Crippen molar-refractivity contribution in [2.75, 3.05) is 11.5 Å². The molecule has 0 aromatic heterocycles. The Hall–Kier alpha value is -0.220. The van der Waals surface area contributed by atoms with Gasteiger partial charge in [0.2, 0.25) is 5.91 Å². The maximum absolute atomic E-state index is 11.0. The van der Waals surface area contributed by atoms with Crippen LogP contribution in [0.4, 0.5) is 0 Å². The molecule has 3 nitrogen and oxygen atoms in total. The summed E-state index contributed by atoms with van der Waals surface area (Å²) in [5, 5.41) is 11.7. The third-order valence-electron chi connectivity index (χ3n) is 1.89. The third-order valence-corrected chi connectivity index (χ3v) is 3.10. The van der Waals surface area contributed by atoms with Gasteiger partial charge in [0.1, 0.15) is 6.10 Å². The SMILES string of the molecule is C[C@@H](O)C(=O)NC1CCCSC1. The topological polar surface area (TPSA) is 49.3 Å². The minimum Gasteiger partial charge on any atom is -0.384 e. The lowest BCUT2D eigenvalue weighted by atomic mass is 10.2. The Balaban J connectivity index is 2.24. The maximum Gasteiger partial charge on any atom is 0.248 e. The van der Waals surface area contributed by atoms with E-state index in [0.29, 0.717) is 0 Å².